The lowest BCUT2D eigenvalue weighted by Gasteiger charge is -2.21. The number of hydrogen-bond acceptors (Lipinski definition) is 6. The van der Waals surface area contributed by atoms with Crippen molar-refractivity contribution in [3.05, 3.63) is 92.2 Å². The van der Waals surface area contributed by atoms with Crippen LogP contribution in [0.15, 0.2) is 42.5 Å². The number of nitrogens with one attached hydrogen (secondary N) is 1. The van der Waals surface area contributed by atoms with Crippen molar-refractivity contribution in [2.24, 2.45) is 7.05 Å². The molecule has 2 heterocycles. The van der Waals surface area contributed by atoms with Gasteiger partial charge in [0.1, 0.15) is 6.10 Å². The van der Waals surface area contributed by atoms with E-state index in [2.05, 4.69) is 15.2 Å². The van der Waals surface area contributed by atoms with Gasteiger partial charge in [-0.25, -0.2) is 4.98 Å². The summed E-state index contributed by atoms with van der Waals surface area (Å²) in [7, 11) is 3.88. The smallest absolute Gasteiger partial charge is 0.291 e. The molecule has 6 rings (SSSR count). The summed E-state index contributed by atoms with van der Waals surface area (Å²) in [5.74, 6) is -2.21. The average Bonchev–Trinajstić information content (AvgIpc) is 3.54. The second kappa shape index (κ2) is 11.1. The van der Waals surface area contributed by atoms with Gasteiger partial charge < -0.3 is 24.6 Å². The Labute approximate surface area is 251 Å². The molecule has 1 unspecified atom stereocenters. The average molecular weight is 609 g/mol. The van der Waals surface area contributed by atoms with Crippen LogP contribution in [0.4, 0.5) is 10.1 Å². The molecule has 0 fully saturated rings. The van der Waals surface area contributed by atoms with E-state index in [1.165, 1.54) is 6.07 Å². The molecule has 11 heteroatoms. The van der Waals surface area contributed by atoms with Crippen LogP contribution in [0.1, 0.15) is 56.0 Å². The van der Waals surface area contributed by atoms with Crippen molar-refractivity contribution in [2.45, 2.75) is 31.9 Å². The van der Waals surface area contributed by atoms with Crippen LogP contribution in [0.3, 0.4) is 0 Å². The zero-order valence-corrected chi connectivity index (χ0v) is 24.4. The lowest BCUT2D eigenvalue weighted by Crippen LogP contribution is -2.27. The molecule has 1 amide bonds. The molecule has 216 valence electrons. The third-order valence-corrected chi connectivity index (χ3v) is 8.66. The molecule has 0 radical (unpaired) electrons. The molecule has 0 spiro atoms. The van der Waals surface area contributed by atoms with Gasteiger partial charge in [0.25, 0.3) is 5.91 Å². The van der Waals surface area contributed by atoms with Crippen LogP contribution in [0, 0.1) is 5.82 Å². The fraction of sp³-hybridized carbons (Fsp3) is 0.258. The first-order valence-corrected chi connectivity index (χ1v) is 14.2. The SMILES string of the molecule is CN1CCc2c(nc(C(=O)Nc3cccc(-c4cccc5c4CCC5Oc4c(Cl)cc(C=O)c(O)c4F)c3Cl)n2C)C1. The number of carbonyl (C=O) groups excluding carboxylic acids is 2. The second-order valence-corrected chi connectivity index (χ2v) is 11.4. The number of amides is 1. The third-order valence-electron chi connectivity index (χ3n) is 7.97. The standard InChI is InChI=1S/C31H27Cl2FN4O4/c1-37-12-11-24-23(14-37)35-30(38(24)2)31(41)36-22-8-4-7-20(26(22)33)17-5-3-6-19-18(17)9-10-25(19)42-29-21(32)13-16(15-39)28(40)27(29)34/h3-8,13,15,25,40H,9-12,14H2,1-2H3,(H,36,41). The molecule has 1 aliphatic carbocycles. The highest BCUT2D eigenvalue weighted by Crippen LogP contribution is 2.45. The van der Waals surface area contributed by atoms with Gasteiger partial charge in [-0.05, 0) is 48.7 Å². The summed E-state index contributed by atoms with van der Waals surface area (Å²) < 4.78 is 22.6. The summed E-state index contributed by atoms with van der Waals surface area (Å²) in [4.78, 5) is 31.2. The quantitative estimate of drug-likeness (QED) is 0.247. The Morgan fingerprint density at radius 2 is 1.93 bits per heavy atom. The highest BCUT2D eigenvalue weighted by atomic mass is 35.5. The fourth-order valence-electron chi connectivity index (χ4n) is 5.82. The van der Waals surface area contributed by atoms with Gasteiger partial charge in [0.05, 0.1) is 27.0 Å². The number of phenols is 1. The molecule has 1 aliphatic heterocycles. The Hall–Kier alpha value is -3.92. The lowest BCUT2D eigenvalue weighted by molar-refractivity contribution is 0.101. The minimum absolute atomic E-state index is 0.107. The first kappa shape index (κ1) is 28.2. The zero-order valence-electron chi connectivity index (χ0n) is 22.9. The van der Waals surface area contributed by atoms with Gasteiger partial charge in [-0.2, -0.15) is 4.39 Å². The van der Waals surface area contributed by atoms with Crippen LogP contribution in [-0.2, 0) is 26.4 Å². The van der Waals surface area contributed by atoms with Crippen LogP contribution in [0.5, 0.6) is 11.5 Å². The molecule has 1 atom stereocenters. The monoisotopic (exact) mass is 608 g/mol. The molecular formula is C31H27Cl2FN4O4. The van der Waals surface area contributed by atoms with E-state index >= 15 is 0 Å². The number of nitrogens with zero attached hydrogens (tertiary/aromatic N) is 3. The molecule has 1 aromatic heterocycles. The molecule has 3 aromatic carbocycles. The molecule has 8 nitrogen and oxygen atoms in total. The number of fused-ring (bicyclic) bond motifs is 2. The van der Waals surface area contributed by atoms with Gasteiger partial charge in [-0.1, -0.05) is 53.5 Å². The maximum absolute atomic E-state index is 14.8. The topological polar surface area (TPSA) is 96.7 Å². The summed E-state index contributed by atoms with van der Waals surface area (Å²) in [5.41, 5.74) is 5.56. The lowest BCUT2D eigenvalue weighted by atomic mass is 9.96. The summed E-state index contributed by atoms with van der Waals surface area (Å²) in [5, 5.41) is 13.2. The van der Waals surface area contributed by atoms with E-state index in [1.807, 2.05) is 49.0 Å². The van der Waals surface area contributed by atoms with Gasteiger partial charge in [0.2, 0.25) is 5.82 Å². The highest BCUT2D eigenvalue weighted by Gasteiger charge is 2.30. The Morgan fingerprint density at radius 1 is 1.17 bits per heavy atom. The van der Waals surface area contributed by atoms with Crippen LogP contribution >= 0.6 is 23.2 Å². The van der Waals surface area contributed by atoms with E-state index < -0.39 is 17.7 Å². The Balaban J connectivity index is 1.28. The van der Waals surface area contributed by atoms with Crippen molar-refractivity contribution in [3.8, 4) is 22.6 Å². The minimum Gasteiger partial charge on any atom is -0.504 e. The predicted octanol–water partition coefficient (Wildman–Crippen LogP) is 6.36. The van der Waals surface area contributed by atoms with Crippen LogP contribution < -0.4 is 10.1 Å². The molecule has 0 saturated heterocycles. The molecule has 0 saturated carbocycles. The van der Waals surface area contributed by atoms with E-state index in [9.17, 15) is 19.1 Å². The summed E-state index contributed by atoms with van der Waals surface area (Å²) in [6.07, 6.45) is 1.77. The maximum atomic E-state index is 14.8. The number of imidazole rings is 1. The number of hydrogen-bond donors (Lipinski definition) is 2. The summed E-state index contributed by atoms with van der Waals surface area (Å²) in [6.45, 7) is 1.60. The van der Waals surface area contributed by atoms with Crippen molar-refractivity contribution in [1.82, 2.24) is 14.5 Å². The van der Waals surface area contributed by atoms with Crippen molar-refractivity contribution in [3.63, 3.8) is 0 Å². The Bertz CT molecular complexity index is 1760. The van der Waals surface area contributed by atoms with Crippen LogP contribution in [0.25, 0.3) is 11.1 Å². The number of aromatic nitrogens is 2. The zero-order chi connectivity index (χ0) is 29.7. The van der Waals surface area contributed by atoms with E-state index in [0.29, 0.717) is 42.2 Å². The maximum Gasteiger partial charge on any atom is 0.291 e. The molecular weight excluding hydrogens is 582 g/mol. The number of ether oxygens (including phenoxy) is 1. The van der Waals surface area contributed by atoms with E-state index in [4.69, 9.17) is 27.9 Å². The van der Waals surface area contributed by atoms with E-state index in [0.717, 1.165) is 46.6 Å². The van der Waals surface area contributed by atoms with E-state index in [-0.39, 0.29) is 22.2 Å². The predicted molar refractivity (Wildman–Crippen MR) is 158 cm³/mol. The van der Waals surface area contributed by atoms with Crippen molar-refractivity contribution < 1.29 is 23.8 Å². The molecule has 2 N–H and O–H groups in total. The number of aldehydes is 1. The largest absolute Gasteiger partial charge is 0.504 e. The van der Waals surface area contributed by atoms with Gasteiger partial charge in [-0.15, -0.1) is 0 Å². The van der Waals surface area contributed by atoms with Crippen LogP contribution in [-0.4, -0.2) is 45.3 Å². The van der Waals surface area contributed by atoms with Crippen LogP contribution in [0.2, 0.25) is 10.0 Å². The first-order valence-electron chi connectivity index (χ1n) is 13.5. The fourth-order valence-corrected chi connectivity index (χ4v) is 6.34. The van der Waals surface area contributed by atoms with Crippen molar-refractivity contribution in [2.75, 3.05) is 18.9 Å². The molecule has 2 aliphatic rings. The normalized spacial score (nSPS) is 16.2. The number of aromatic hydroxyl groups is 1. The third kappa shape index (κ3) is 4.81. The van der Waals surface area contributed by atoms with Gasteiger partial charge in [0.15, 0.2) is 23.6 Å². The molecule has 4 aromatic rings. The number of rotatable bonds is 6. The first-order chi connectivity index (χ1) is 20.2. The highest BCUT2D eigenvalue weighted by molar-refractivity contribution is 6.36. The number of carbonyl (C=O) groups is 2. The van der Waals surface area contributed by atoms with Gasteiger partial charge in [-0.3, -0.25) is 9.59 Å². The van der Waals surface area contributed by atoms with E-state index in [1.54, 1.807) is 6.07 Å². The van der Waals surface area contributed by atoms with Crippen molar-refractivity contribution in [1.29, 1.82) is 0 Å². The minimum atomic E-state index is -1.08. The van der Waals surface area contributed by atoms with Gasteiger partial charge >= 0.3 is 0 Å². The van der Waals surface area contributed by atoms with Gasteiger partial charge in [0, 0.05) is 37.8 Å². The number of anilines is 1. The number of likely N-dealkylation sites (N-methyl/N-ethyl adjacent to an activating group) is 1. The Kier molecular flexibility index (Phi) is 7.43. The number of benzene rings is 3. The second-order valence-electron chi connectivity index (χ2n) is 10.6. The number of halogens is 3. The summed E-state index contributed by atoms with van der Waals surface area (Å²) >= 11 is 13.1. The summed E-state index contributed by atoms with van der Waals surface area (Å²) in [6, 6.07) is 12.3. The number of phenolic OH excluding ortho intramolecular Hbond substituents is 1. The molecule has 42 heavy (non-hydrogen) atoms. The Morgan fingerprint density at radius 3 is 2.71 bits per heavy atom. The van der Waals surface area contributed by atoms with Crippen molar-refractivity contribution >= 4 is 41.1 Å². The molecule has 0 bridgehead atoms.